The highest BCUT2D eigenvalue weighted by Crippen LogP contribution is 2.29. The van der Waals surface area contributed by atoms with Crippen LogP contribution in [0, 0.1) is 16.7 Å². The first-order chi connectivity index (χ1) is 8.54. The summed E-state index contributed by atoms with van der Waals surface area (Å²) in [5, 5.41) is 12.7. The van der Waals surface area contributed by atoms with Gasteiger partial charge in [0.1, 0.15) is 6.07 Å². The van der Waals surface area contributed by atoms with Crippen molar-refractivity contribution in [2.45, 2.75) is 39.0 Å². The molecule has 1 N–H and O–H groups in total. The summed E-state index contributed by atoms with van der Waals surface area (Å²) in [5.74, 6) is 0.985. The molecule has 0 aliphatic heterocycles. The minimum atomic E-state index is 0.251. The molecule has 0 saturated heterocycles. The van der Waals surface area contributed by atoms with Crippen molar-refractivity contribution in [3.63, 3.8) is 0 Å². The number of benzene rings is 1. The molecule has 0 unspecified atom stereocenters. The summed E-state index contributed by atoms with van der Waals surface area (Å²) in [6.07, 6.45) is 1.12. The zero-order chi connectivity index (χ0) is 13.6. The first kappa shape index (κ1) is 14.9. The Labute approximate surface area is 115 Å². The lowest BCUT2D eigenvalue weighted by atomic mass is 9.90. The average Bonchev–Trinajstić information content (AvgIpc) is 2.37. The Balaban J connectivity index is 2.89. The molecule has 0 saturated carbocycles. The summed E-state index contributed by atoms with van der Waals surface area (Å²) >= 11 is 1.72. The van der Waals surface area contributed by atoms with Crippen LogP contribution in [0.15, 0.2) is 23.1 Å². The number of nitriles is 1. The average molecular weight is 262 g/mol. The zero-order valence-corrected chi connectivity index (χ0v) is 12.5. The molecule has 0 fully saturated rings. The van der Waals surface area contributed by atoms with E-state index in [1.165, 1.54) is 0 Å². The normalized spacial score (nSPS) is 11.1. The Hall–Kier alpha value is -1.14. The maximum Gasteiger partial charge on any atom is 0.102 e. The molecule has 1 rings (SSSR count). The number of thioether (sulfide) groups is 1. The van der Waals surface area contributed by atoms with Crippen LogP contribution in [0.1, 0.15) is 39.7 Å². The third-order valence-corrected chi connectivity index (χ3v) is 4.09. The Morgan fingerprint density at radius 1 is 1.33 bits per heavy atom. The molecular formula is C15H22N2S. The molecule has 0 amide bonds. The van der Waals surface area contributed by atoms with Crippen LogP contribution in [-0.4, -0.2) is 12.3 Å². The van der Waals surface area contributed by atoms with Gasteiger partial charge in [0.2, 0.25) is 0 Å². The fraction of sp³-hybridized carbons (Fsp3) is 0.533. The van der Waals surface area contributed by atoms with E-state index in [4.69, 9.17) is 0 Å². The fourth-order valence-electron chi connectivity index (χ4n) is 1.53. The molecule has 3 heteroatoms. The van der Waals surface area contributed by atoms with Crippen LogP contribution in [0.25, 0.3) is 0 Å². The van der Waals surface area contributed by atoms with Crippen LogP contribution >= 0.6 is 11.8 Å². The minimum Gasteiger partial charge on any atom is -0.383 e. The van der Waals surface area contributed by atoms with Crippen molar-refractivity contribution in [1.29, 1.82) is 5.26 Å². The van der Waals surface area contributed by atoms with Crippen LogP contribution in [0.2, 0.25) is 0 Å². The van der Waals surface area contributed by atoms with E-state index in [1.54, 1.807) is 11.8 Å². The van der Waals surface area contributed by atoms with Crippen LogP contribution in [0.3, 0.4) is 0 Å². The lowest BCUT2D eigenvalue weighted by Crippen LogP contribution is -2.22. The summed E-state index contributed by atoms with van der Waals surface area (Å²) in [6, 6.07) is 8.34. The SMILES string of the molecule is CCSc1cccc(NCC(C)(C)CC)c1C#N. The predicted molar refractivity (Wildman–Crippen MR) is 80.1 cm³/mol. The van der Waals surface area contributed by atoms with Crippen molar-refractivity contribution in [1.82, 2.24) is 0 Å². The number of hydrogen-bond acceptors (Lipinski definition) is 3. The topological polar surface area (TPSA) is 35.8 Å². The number of nitrogens with zero attached hydrogens (tertiary/aromatic N) is 1. The Morgan fingerprint density at radius 3 is 2.61 bits per heavy atom. The van der Waals surface area contributed by atoms with Crippen molar-refractivity contribution in [2.24, 2.45) is 5.41 Å². The molecule has 0 aliphatic rings. The maximum absolute atomic E-state index is 9.31. The fourth-order valence-corrected chi connectivity index (χ4v) is 2.31. The zero-order valence-electron chi connectivity index (χ0n) is 11.7. The lowest BCUT2D eigenvalue weighted by Gasteiger charge is -2.24. The van der Waals surface area contributed by atoms with Gasteiger partial charge in [-0.3, -0.25) is 0 Å². The van der Waals surface area contributed by atoms with E-state index in [1.807, 2.05) is 18.2 Å². The monoisotopic (exact) mass is 262 g/mol. The quantitative estimate of drug-likeness (QED) is 0.766. The van der Waals surface area contributed by atoms with Gasteiger partial charge in [0.15, 0.2) is 0 Å². The maximum atomic E-state index is 9.31. The highest BCUT2D eigenvalue weighted by atomic mass is 32.2. The molecular weight excluding hydrogens is 240 g/mol. The van der Waals surface area contributed by atoms with Crippen molar-refractivity contribution < 1.29 is 0 Å². The number of rotatable bonds is 6. The Bertz CT molecular complexity index is 433. The van der Waals surface area contributed by atoms with Crippen LogP contribution in [0.5, 0.6) is 0 Å². The van der Waals surface area contributed by atoms with E-state index in [0.29, 0.717) is 0 Å². The van der Waals surface area contributed by atoms with Crippen molar-refractivity contribution in [3.05, 3.63) is 23.8 Å². The van der Waals surface area contributed by atoms with Gasteiger partial charge in [-0.15, -0.1) is 11.8 Å². The van der Waals surface area contributed by atoms with E-state index < -0.39 is 0 Å². The second-order valence-electron chi connectivity index (χ2n) is 5.09. The van der Waals surface area contributed by atoms with Gasteiger partial charge < -0.3 is 5.32 Å². The molecule has 98 valence electrons. The third kappa shape index (κ3) is 3.96. The lowest BCUT2D eigenvalue weighted by molar-refractivity contribution is 0.377. The summed E-state index contributed by atoms with van der Waals surface area (Å²) in [4.78, 5) is 1.07. The Kier molecular flexibility index (Phi) is 5.55. The van der Waals surface area contributed by atoms with Gasteiger partial charge in [0, 0.05) is 11.4 Å². The molecule has 1 aromatic rings. The Morgan fingerprint density at radius 2 is 2.06 bits per heavy atom. The second kappa shape index (κ2) is 6.70. The summed E-state index contributed by atoms with van der Waals surface area (Å²) in [7, 11) is 0. The van der Waals surface area contributed by atoms with Crippen molar-refractivity contribution in [2.75, 3.05) is 17.6 Å². The van der Waals surface area contributed by atoms with E-state index in [0.717, 1.165) is 34.9 Å². The van der Waals surface area contributed by atoms with Crippen molar-refractivity contribution >= 4 is 17.4 Å². The molecule has 0 bridgehead atoms. The van der Waals surface area contributed by atoms with E-state index in [2.05, 4.69) is 39.1 Å². The highest BCUT2D eigenvalue weighted by molar-refractivity contribution is 7.99. The molecule has 1 aromatic carbocycles. The van der Waals surface area contributed by atoms with Crippen LogP contribution < -0.4 is 5.32 Å². The molecule has 0 aliphatic carbocycles. The minimum absolute atomic E-state index is 0.251. The van der Waals surface area contributed by atoms with Gasteiger partial charge >= 0.3 is 0 Å². The van der Waals surface area contributed by atoms with E-state index in [-0.39, 0.29) is 5.41 Å². The molecule has 0 spiro atoms. The molecule has 0 radical (unpaired) electrons. The standard InChI is InChI=1S/C15H22N2S/c1-5-15(3,4)11-17-13-8-7-9-14(18-6-2)12(13)10-16/h7-9,17H,5-6,11H2,1-4H3. The molecule has 0 heterocycles. The van der Waals surface area contributed by atoms with Crippen molar-refractivity contribution in [3.8, 4) is 6.07 Å². The highest BCUT2D eigenvalue weighted by Gasteiger charge is 2.16. The first-order valence-corrected chi connectivity index (χ1v) is 7.42. The van der Waals surface area contributed by atoms with E-state index >= 15 is 0 Å². The molecule has 18 heavy (non-hydrogen) atoms. The van der Waals surface area contributed by atoms with Gasteiger partial charge in [0.25, 0.3) is 0 Å². The largest absolute Gasteiger partial charge is 0.383 e. The number of anilines is 1. The second-order valence-corrected chi connectivity index (χ2v) is 6.40. The smallest absolute Gasteiger partial charge is 0.102 e. The van der Waals surface area contributed by atoms with Gasteiger partial charge in [-0.2, -0.15) is 5.26 Å². The van der Waals surface area contributed by atoms with Gasteiger partial charge in [0.05, 0.1) is 11.3 Å². The van der Waals surface area contributed by atoms with Gasteiger partial charge in [-0.25, -0.2) is 0 Å². The third-order valence-electron chi connectivity index (χ3n) is 3.15. The van der Waals surface area contributed by atoms with Crippen LogP contribution in [-0.2, 0) is 0 Å². The van der Waals surface area contributed by atoms with Gasteiger partial charge in [-0.05, 0) is 29.7 Å². The summed E-state index contributed by atoms with van der Waals surface area (Å²) < 4.78 is 0. The number of hydrogen-bond donors (Lipinski definition) is 1. The molecule has 0 atom stereocenters. The van der Waals surface area contributed by atoms with E-state index in [9.17, 15) is 5.26 Å². The summed E-state index contributed by atoms with van der Waals surface area (Å²) in [5.41, 5.74) is 1.98. The first-order valence-electron chi connectivity index (χ1n) is 6.44. The van der Waals surface area contributed by atoms with Gasteiger partial charge in [-0.1, -0.05) is 33.8 Å². The predicted octanol–water partition coefficient (Wildman–Crippen LogP) is 4.52. The van der Waals surface area contributed by atoms with Crippen LogP contribution in [0.4, 0.5) is 5.69 Å². The molecule has 0 aromatic heterocycles. The number of nitrogens with one attached hydrogen (secondary N) is 1. The summed E-state index contributed by atoms with van der Waals surface area (Å²) in [6.45, 7) is 9.65. The molecule has 2 nitrogen and oxygen atoms in total.